The van der Waals surface area contributed by atoms with E-state index in [-0.39, 0.29) is 0 Å². The average Bonchev–Trinajstić information content (AvgIpc) is 1.37. The summed E-state index contributed by atoms with van der Waals surface area (Å²) in [4.78, 5) is 3.42. The third-order valence-corrected chi connectivity index (χ3v) is 0.105. The summed E-state index contributed by atoms with van der Waals surface area (Å²) in [7, 11) is 0. The molecule has 0 saturated carbocycles. The first kappa shape index (κ1) is 3.92. The van der Waals surface area contributed by atoms with Gasteiger partial charge in [-0.1, -0.05) is 0 Å². The maximum Gasteiger partial charge on any atom is 0.119 e. The van der Waals surface area contributed by atoms with E-state index in [9.17, 15) is 0 Å². The van der Waals surface area contributed by atoms with Gasteiger partial charge in [0.15, 0.2) is 0 Å². The molecule has 0 aromatic rings. The smallest absolute Gasteiger partial charge is 0.119 e. The van der Waals surface area contributed by atoms with Crippen molar-refractivity contribution in [1.82, 2.24) is 0 Å². The molecule has 1 radical (unpaired) electrons. The monoisotopic (exact) mass is 61.0 g/mol. The lowest BCUT2D eigenvalue weighted by molar-refractivity contribution is -0.208. The van der Waals surface area contributed by atoms with Gasteiger partial charge < -0.3 is 0 Å². The highest BCUT2D eigenvalue weighted by Crippen LogP contribution is 1.62. The topological polar surface area (TPSA) is 29.5 Å². The molecule has 0 bridgehead atoms. The molecule has 0 heterocycles. The Hall–Kier alpha value is -0.0800. The van der Waals surface area contributed by atoms with Gasteiger partial charge in [-0.25, -0.2) is 4.89 Å². The van der Waals surface area contributed by atoms with E-state index < -0.39 is 0 Å². The number of rotatable bonds is 1. The first-order valence-corrected chi connectivity index (χ1v) is 0.996. The van der Waals surface area contributed by atoms with E-state index >= 15 is 0 Å². The van der Waals surface area contributed by atoms with Gasteiger partial charge in [-0.05, 0) is 6.92 Å². The molecule has 0 aliphatic rings. The van der Waals surface area contributed by atoms with Gasteiger partial charge in [0, 0.05) is 0 Å². The molecule has 2 nitrogen and oxygen atoms in total. The van der Waals surface area contributed by atoms with Crippen molar-refractivity contribution in [2.24, 2.45) is 0 Å². The molecule has 0 amide bonds. The Morgan fingerprint density at radius 3 is 2.25 bits per heavy atom. The molecule has 0 rings (SSSR count). The molecule has 0 spiro atoms. The van der Waals surface area contributed by atoms with Gasteiger partial charge in [-0.15, -0.1) is 0 Å². The third kappa shape index (κ3) is 1.92. The lowest BCUT2D eigenvalue weighted by Crippen LogP contribution is -1.65. The predicted octanol–water partition coefficient (Wildman–Crippen LogP) is 0.658. The second kappa shape index (κ2) is 2.92. The van der Waals surface area contributed by atoms with Crippen molar-refractivity contribution in [3.63, 3.8) is 0 Å². The summed E-state index contributed by atoms with van der Waals surface area (Å²) in [6.07, 6.45) is 0. The van der Waals surface area contributed by atoms with Gasteiger partial charge in [0.1, 0.15) is 6.61 Å². The van der Waals surface area contributed by atoms with Gasteiger partial charge in [0.05, 0.1) is 0 Å². The average molecular weight is 61.1 g/mol. The minimum Gasteiger partial charge on any atom is -0.251 e. The van der Waals surface area contributed by atoms with Crippen LogP contribution in [0.1, 0.15) is 6.92 Å². The molecule has 0 atom stereocenters. The normalized spacial score (nSPS) is 7.50. The first-order valence-electron chi connectivity index (χ1n) is 0.996. The van der Waals surface area contributed by atoms with Crippen LogP contribution in [0.25, 0.3) is 0 Å². The number of hydrogen-bond acceptors (Lipinski definition) is 2. The second-order valence-electron chi connectivity index (χ2n) is 0.341. The SMILES string of the molecule is C[CH]OO. The van der Waals surface area contributed by atoms with Crippen LogP contribution in [0.5, 0.6) is 0 Å². The van der Waals surface area contributed by atoms with Crippen molar-refractivity contribution in [3.8, 4) is 0 Å². The molecule has 1 N–H and O–H groups in total. The molecular weight excluding hydrogens is 56.0 g/mol. The zero-order valence-electron chi connectivity index (χ0n) is 2.43. The van der Waals surface area contributed by atoms with Crippen LogP contribution in [0.2, 0.25) is 0 Å². The largest absolute Gasteiger partial charge is 0.251 e. The van der Waals surface area contributed by atoms with Crippen molar-refractivity contribution in [2.75, 3.05) is 0 Å². The Morgan fingerprint density at radius 2 is 2.25 bits per heavy atom. The third-order valence-electron chi connectivity index (χ3n) is 0.105. The van der Waals surface area contributed by atoms with E-state index in [0.717, 1.165) is 0 Å². The van der Waals surface area contributed by atoms with Crippen molar-refractivity contribution < 1.29 is 10.1 Å². The highest BCUT2D eigenvalue weighted by atomic mass is 17.1. The van der Waals surface area contributed by atoms with Crippen LogP contribution >= 0.6 is 0 Å². The van der Waals surface area contributed by atoms with Crippen molar-refractivity contribution in [1.29, 1.82) is 0 Å². The molecule has 4 heavy (non-hydrogen) atoms. The van der Waals surface area contributed by atoms with Crippen LogP contribution in [-0.4, -0.2) is 5.26 Å². The van der Waals surface area contributed by atoms with Crippen LogP contribution in [0.3, 0.4) is 0 Å². The fourth-order valence-electron chi connectivity index (χ4n) is 0. The van der Waals surface area contributed by atoms with Crippen LogP contribution in [0.15, 0.2) is 0 Å². The summed E-state index contributed by atoms with van der Waals surface area (Å²) in [6.45, 7) is 2.76. The van der Waals surface area contributed by atoms with Gasteiger partial charge >= 0.3 is 0 Å². The predicted molar refractivity (Wildman–Crippen MR) is 13.7 cm³/mol. The Kier molecular flexibility index (Phi) is 2.86. The second-order valence-corrected chi connectivity index (χ2v) is 0.341. The van der Waals surface area contributed by atoms with Gasteiger partial charge in [-0.3, -0.25) is 5.26 Å². The van der Waals surface area contributed by atoms with E-state index in [0.29, 0.717) is 0 Å². The van der Waals surface area contributed by atoms with Gasteiger partial charge in [0.25, 0.3) is 0 Å². The molecule has 0 unspecified atom stereocenters. The van der Waals surface area contributed by atoms with Crippen LogP contribution in [0.4, 0.5) is 0 Å². The molecule has 2 heteroatoms. The fraction of sp³-hybridized carbons (Fsp3) is 0.500. The van der Waals surface area contributed by atoms with Crippen LogP contribution in [-0.2, 0) is 4.89 Å². The first-order chi connectivity index (χ1) is 1.91. The minimum atomic E-state index is 1.18. The Morgan fingerprint density at radius 1 is 2.00 bits per heavy atom. The molecule has 25 valence electrons. The Bertz CT molecular complexity index is 6.00. The lowest BCUT2D eigenvalue weighted by Gasteiger charge is -1.72. The highest BCUT2D eigenvalue weighted by Gasteiger charge is 1.56. The van der Waals surface area contributed by atoms with Crippen LogP contribution in [0, 0.1) is 6.61 Å². The van der Waals surface area contributed by atoms with Gasteiger partial charge in [-0.2, -0.15) is 0 Å². The maximum atomic E-state index is 7.32. The Labute approximate surface area is 24.9 Å². The van der Waals surface area contributed by atoms with E-state index in [2.05, 4.69) is 4.89 Å². The molecule has 0 aromatic carbocycles. The standard InChI is InChI=1S/C2H5O2/c1-2-4-3/h2-3H,1H3. The summed E-state index contributed by atoms with van der Waals surface area (Å²) in [5.41, 5.74) is 0. The zero-order valence-corrected chi connectivity index (χ0v) is 2.43. The van der Waals surface area contributed by atoms with Crippen molar-refractivity contribution in [3.05, 3.63) is 6.61 Å². The highest BCUT2D eigenvalue weighted by molar-refractivity contribution is 4.19. The van der Waals surface area contributed by atoms with E-state index in [1.165, 1.54) is 6.61 Å². The summed E-state index contributed by atoms with van der Waals surface area (Å²) in [6, 6.07) is 0. The summed E-state index contributed by atoms with van der Waals surface area (Å²) in [5.74, 6) is 0. The Balaban J connectivity index is 1.97. The summed E-state index contributed by atoms with van der Waals surface area (Å²) < 4.78 is 0. The quantitative estimate of drug-likeness (QED) is 0.356. The van der Waals surface area contributed by atoms with Gasteiger partial charge in [0.2, 0.25) is 0 Å². The summed E-state index contributed by atoms with van der Waals surface area (Å²) in [5, 5.41) is 7.32. The number of hydrogen-bond donors (Lipinski definition) is 1. The minimum absolute atomic E-state index is 1.18. The van der Waals surface area contributed by atoms with E-state index in [1.807, 2.05) is 0 Å². The molecule has 0 aromatic heterocycles. The molecule has 0 fully saturated rings. The zero-order chi connectivity index (χ0) is 3.41. The van der Waals surface area contributed by atoms with Crippen molar-refractivity contribution in [2.45, 2.75) is 6.92 Å². The molecule has 0 aliphatic carbocycles. The molecule has 0 saturated heterocycles. The van der Waals surface area contributed by atoms with E-state index in [4.69, 9.17) is 5.26 Å². The lowest BCUT2D eigenvalue weighted by atomic mass is 10.9. The van der Waals surface area contributed by atoms with Crippen molar-refractivity contribution >= 4 is 0 Å². The maximum absolute atomic E-state index is 7.32. The van der Waals surface area contributed by atoms with E-state index in [1.54, 1.807) is 6.92 Å². The summed E-state index contributed by atoms with van der Waals surface area (Å²) >= 11 is 0. The fourth-order valence-corrected chi connectivity index (χ4v) is 0. The molecule has 0 aliphatic heterocycles. The van der Waals surface area contributed by atoms with Crippen LogP contribution < -0.4 is 0 Å². The molecular formula is C2H5O2.